The fraction of sp³-hybridized carbons (Fsp3) is 0.294. The van der Waals surface area contributed by atoms with Crippen molar-refractivity contribution in [3.05, 3.63) is 59.7 Å². The van der Waals surface area contributed by atoms with Crippen LogP contribution < -0.4 is 9.47 Å². The van der Waals surface area contributed by atoms with E-state index in [0.29, 0.717) is 6.61 Å². The van der Waals surface area contributed by atoms with Crippen molar-refractivity contribution in [3.8, 4) is 11.5 Å². The summed E-state index contributed by atoms with van der Waals surface area (Å²) in [5, 5.41) is -0.151. The third-order valence-electron chi connectivity index (χ3n) is 3.33. The van der Waals surface area contributed by atoms with E-state index < -0.39 is 0 Å². The fourth-order valence-corrected chi connectivity index (χ4v) is 2.70. The number of hydrogen-bond donors (Lipinski definition) is 0. The van der Waals surface area contributed by atoms with Crippen LogP contribution >= 0.6 is 19.2 Å². The van der Waals surface area contributed by atoms with Gasteiger partial charge in [0.2, 0.25) is 0 Å². The zero-order chi connectivity index (χ0) is 15.3. The Morgan fingerprint density at radius 2 is 1.76 bits per heavy atom. The van der Waals surface area contributed by atoms with E-state index in [9.17, 15) is 0 Å². The van der Waals surface area contributed by atoms with E-state index in [1.165, 1.54) is 0 Å². The van der Waals surface area contributed by atoms with Crippen LogP contribution in [0.5, 0.6) is 11.5 Å². The SMILES string of the molecule is COc1cccc(C(C)(C)PCl)c1OCc1ccccc1. The van der Waals surface area contributed by atoms with Gasteiger partial charge in [-0.05, 0) is 19.6 Å². The molecule has 112 valence electrons. The molecule has 0 heterocycles. The summed E-state index contributed by atoms with van der Waals surface area (Å²) < 4.78 is 11.5. The van der Waals surface area contributed by atoms with E-state index >= 15 is 0 Å². The largest absolute Gasteiger partial charge is 0.493 e. The minimum absolute atomic E-state index is 0.151. The lowest BCUT2D eigenvalue weighted by Gasteiger charge is -2.26. The van der Waals surface area contributed by atoms with Gasteiger partial charge >= 0.3 is 0 Å². The zero-order valence-electron chi connectivity index (χ0n) is 12.5. The highest BCUT2D eigenvalue weighted by atomic mass is 35.7. The van der Waals surface area contributed by atoms with Crippen LogP contribution in [-0.2, 0) is 11.8 Å². The van der Waals surface area contributed by atoms with Gasteiger partial charge in [0.1, 0.15) is 6.61 Å². The van der Waals surface area contributed by atoms with Crippen LogP contribution in [0, 0.1) is 0 Å². The topological polar surface area (TPSA) is 18.5 Å². The summed E-state index contributed by atoms with van der Waals surface area (Å²) in [6.45, 7) is 4.74. The van der Waals surface area contributed by atoms with Crippen molar-refractivity contribution >= 4 is 19.2 Å². The molecular formula is C17H20ClO2P. The Morgan fingerprint density at radius 3 is 2.38 bits per heavy atom. The average molecular weight is 323 g/mol. The van der Waals surface area contributed by atoms with Crippen LogP contribution in [-0.4, -0.2) is 7.11 Å². The molecule has 0 spiro atoms. The minimum Gasteiger partial charge on any atom is -0.493 e. The lowest BCUT2D eigenvalue weighted by molar-refractivity contribution is 0.279. The van der Waals surface area contributed by atoms with E-state index in [2.05, 4.69) is 19.9 Å². The van der Waals surface area contributed by atoms with Gasteiger partial charge < -0.3 is 9.47 Å². The minimum atomic E-state index is -0.151. The van der Waals surface area contributed by atoms with Gasteiger partial charge in [-0.2, -0.15) is 0 Å². The predicted molar refractivity (Wildman–Crippen MR) is 91.0 cm³/mol. The Balaban J connectivity index is 2.32. The Bertz CT molecular complexity index is 585. The molecular weight excluding hydrogens is 303 g/mol. The Morgan fingerprint density at radius 1 is 1.05 bits per heavy atom. The van der Waals surface area contributed by atoms with Crippen LogP contribution in [0.4, 0.5) is 0 Å². The van der Waals surface area contributed by atoms with Crippen molar-refractivity contribution in [2.24, 2.45) is 0 Å². The number of rotatable bonds is 6. The van der Waals surface area contributed by atoms with Crippen molar-refractivity contribution in [1.82, 2.24) is 0 Å². The van der Waals surface area contributed by atoms with Crippen LogP contribution in [0.15, 0.2) is 48.5 Å². The first-order chi connectivity index (χ1) is 10.1. The van der Waals surface area contributed by atoms with Gasteiger partial charge in [-0.1, -0.05) is 67.6 Å². The van der Waals surface area contributed by atoms with E-state index in [1.54, 1.807) is 7.11 Å². The van der Waals surface area contributed by atoms with Gasteiger partial charge in [-0.3, -0.25) is 0 Å². The van der Waals surface area contributed by atoms with Gasteiger partial charge in [0.25, 0.3) is 0 Å². The molecule has 21 heavy (non-hydrogen) atoms. The summed E-state index contributed by atoms with van der Waals surface area (Å²) in [6.07, 6.45) is 0. The lowest BCUT2D eigenvalue weighted by atomic mass is 10.0. The summed E-state index contributed by atoms with van der Waals surface area (Å²) in [5.74, 6) is 1.52. The van der Waals surface area contributed by atoms with Gasteiger partial charge in [0.15, 0.2) is 11.5 Å². The maximum atomic E-state index is 6.14. The number of ether oxygens (including phenoxy) is 2. The highest BCUT2D eigenvalue weighted by Crippen LogP contribution is 2.49. The van der Waals surface area contributed by atoms with Gasteiger partial charge in [0.05, 0.1) is 7.11 Å². The first kappa shape index (κ1) is 16.1. The normalized spacial score (nSPS) is 11.8. The molecule has 1 atom stereocenters. The maximum Gasteiger partial charge on any atom is 0.165 e. The lowest BCUT2D eigenvalue weighted by Crippen LogP contribution is -2.12. The van der Waals surface area contributed by atoms with Crippen molar-refractivity contribution in [1.29, 1.82) is 0 Å². The molecule has 0 amide bonds. The second kappa shape index (κ2) is 7.15. The van der Waals surface area contributed by atoms with Gasteiger partial charge in [-0.15, -0.1) is 0 Å². The molecule has 0 radical (unpaired) electrons. The molecule has 0 aliphatic rings. The first-order valence-corrected chi connectivity index (χ1v) is 8.81. The van der Waals surface area contributed by atoms with Gasteiger partial charge in [0, 0.05) is 10.7 Å². The molecule has 2 aromatic carbocycles. The molecule has 0 aliphatic carbocycles. The second-order valence-corrected chi connectivity index (χ2v) is 7.34. The summed E-state index contributed by atoms with van der Waals surface area (Å²) in [4.78, 5) is 0. The van der Waals surface area contributed by atoms with Crippen molar-refractivity contribution in [2.75, 3.05) is 7.11 Å². The average Bonchev–Trinajstić information content (AvgIpc) is 2.53. The smallest absolute Gasteiger partial charge is 0.165 e. The quantitative estimate of drug-likeness (QED) is 0.668. The summed E-state index contributed by atoms with van der Waals surface area (Å²) in [5.41, 5.74) is 2.20. The molecule has 0 saturated heterocycles. The van der Waals surface area contributed by atoms with Crippen LogP contribution in [0.25, 0.3) is 0 Å². The van der Waals surface area contributed by atoms with Crippen molar-refractivity contribution < 1.29 is 9.47 Å². The molecule has 2 rings (SSSR count). The molecule has 0 saturated carbocycles. The van der Waals surface area contributed by atoms with Crippen molar-refractivity contribution in [3.63, 3.8) is 0 Å². The monoisotopic (exact) mass is 322 g/mol. The Hall–Kier alpha value is -1.24. The molecule has 2 nitrogen and oxygen atoms in total. The number of benzene rings is 2. The molecule has 1 unspecified atom stereocenters. The predicted octanol–water partition coefficient (Wildman–Crippen LogP) is 5.34. The third-order valence-corrected chi connectivity index (χ3v) is 5.49. The molecule has 4 heteroatoms. The van der Waals surface area contributed by atoms with E-state index in [4.69, 9.17) is 20.7 Å². The molecule has 0 bridgehead atoms. The molecule has 0 fully saturated rings. The Labute approximate surface area is 133 Å². The molecule has 2 aromatic rings. The van der Waals surface area contributed by atoms with E-state index in [-0.39, 0.29) is 13.1 Å². The third kappa shape index (κ3) is 3.90. The molecule has 0 aliphatic heterocycles. The maximum absolute atomic E-state index is 6.14. The zero-order valence-corrected chi connectivity index (χ0v) is 14.3. The summed E-state index contributed by atoms with van der Waals surface area (Å²) in [6, 6.07) is 16.0. The fourth-order valence-electron chi connectivity index (χ4n) is 2.10. The highest BCUT2D eigenvalue weighted by Gasteiger charge is 2.26. The van der Waals surface area contributed by atoms with Crippen LogP contribution in [0.3, 0.4) is 0 Å². The van der Waals surface area contributed by atoms with E-state index in [0.717, 1.165) is 22.6 Å². The van der Waals surface area contributed by atoms with E-state index in [1.807, 2.05) is 42.5 Å². The highest BCUT2D eigenvalue weighted by molar-refractivity contribution is 7.69. The number of hydrogen-bond acceptors (Lipinski definition) is 2. The van der Waals surface area contributed by atoms with Crippen molar-refractivity contribution in [2.45, 2.75) is 25.6 Å². The Kier molecular flexibility index (Phi) is 5.50. The summed E-state index contributed by atoms with van der Waals surface area (Å²) in [7, 11) is 1.92. The number of halogens is 1. The standard InChI is InChI=1S/C17H20ClO2P/c1-17(2,21-18)14-10-7-11-15(19-3)16(14)20-12-13-8-5-4-6-9-13/h4-11,21H,12H2,1-3H3. The molecule has 0 N–H and O–H groups in total. The van der Waals surface area contributed by atoms with Crippen LogP contribution in [0.1, 0.15) is 25.0 Å². The number of para-hydroxylation sites is 1. The van der Waals surface area contributed by atoms with Crippen LogP contribution in [0.2, 0.25) is 0 Å². The van der Waals surface area contributed by atoms with Gasteiger partial charge in [-0.25, -0.2) is 0 Å². The second-order valence-electron chi connectivity index (χ2n) is 5.33. The first-order valence-electron chi connectivity index (χ1n) is 6.80. The summed E-state index contributed by atoms with van der Waals surface area (Å²) >= 11 is 6.14. The number of methoxy groups -OCH3 is 1. The molecule has 0 aromatic heterocycles.